The number of nitrogens with zero attached hydrogens (tertiary/aromatic N) is 1. The van der Waals surface area contributed by atoms with E-state index in [1.165, 1.54) is 58.2 Å². The highest BCUT2D eigenvalue weighted by Gasteiger charge is 2.26. The van der Waals surface area contributed by atoms with Crippen LogP contribution in [0.5, 0.6) is 0 Å². The van der Waals surface area contributed by atoms with Crippen molar-refractivity contribution < 1.29 is 0 Å². The lowest BCUT2D eigenvalue weighted by Crippen LogP contribution is -2.42. The molecule has 2 nitrogen and oxygen atoms in total. The lowest BCUT2D eigenvalue weighted by Gasteiger charge is -2.31. The Labute approximate surface area is 129 Å². The van der Waals surface area contributed by atoms with Crippen LogP contribution in [0.4, 0.5) is 0 Å². The third kappa shape index (κ3) is 3.87. The second-order valence-corrected chi connectivity index (χ2v) is 6.79. The molecule has 2 fully saturated rings. The van der Waals surface area contributed by atoms with Crippen LogP contribution in [0.25, 0.3) is 0 Å². The molecule has 1 aliphatic carbocycles. The molecule has 0 bridgehead atoms. The summed E-state index contributed by atoms with van der Waals surface area (Å²) in [5.41, 5.74) is 1.55. The van der Waals surface area contributed by atoms with E-state index in [0.717, 1.165) is 18.0 Å². The van der Waals surface area contributed by atoms with Crippen LogP contribution in [0.2, 0.25) is 0 Å². The van der Waals surface area contributed by atoms with Gasteiger partial charge in [-0.25, -0.2) is 0 Å². The molecule has 1 aromatic rings. The number of nitrogens with one attached hydrogen (secondary N) is 1. The van der Waals surface area contributed by atoms with E-state index in [9.17, 15) is 0 Å². The van der Waals surface area contributed by atoms with Crippen molar-refractivity contribution in [2.24, 2.45) is 0 Å². The van der Waals surface area contributed by atoms with Gasteiger partial charge in [0.25, 0.3) is 0 Å². The average Bonchev–Trinajstić information content (AvgIpc) is 3.02. The topological polar surface area (TPSA) is 15.3 Å². The van der Waals surface area contributed by atoms with Crippen molar-refractivity contribution in [3.63, 3.8) is 0 Å². The van der Waals surface area contributed by atoms with Gasteiger partial charge < -0.3 is 5.32 Å². The van der Waals surface area contributed by atoms with Gasteiger partial charge in [0.05, 0.1) is 0 Å². The zero-order valence-corrected chi connectivity index (χ0v) is 13.4. The maximum atomic E-state index is 3.86. The van der Waals surface area contributed by atoms with Crippen molar-refractivity contribution in [3.8, 4) is 0 Å². The summed E-state index contributed by atoms with van der Waals surface area (Å²) in [7, 11) is 0. The summed E-state index contributed by atoms with van der Waals surface area (Å²) in [5.74, 6) is 0.794. The molecule has 21 heavy (non-hydrogen) atoms. The van der Waals surface area contributed by atoms with Gasteiger partial charge in [0.2, 0.25) is 0 Å². The van der Waals surface area contributed by atoms with E-state index >= 15 is 0 Å². The molecular weight excluding hydrogens is 256 g/mol. The van der Waals surface area contributed by atoms with Gasteiger partial charge in [-0.15, -0.1) is 0 Å². The Morgan fingerprint density at radius 2 is 1.81 bits per heavy atom. The molecule has 1 heterocycles. The zero-order chi connectivity index (χ0) is 14.5. The molecule has 1 saturated carbocycles. The van der Waals surface area contributed by atoms with Crippen molar-refractivity contribution in [2.75, 3.05) is 19.6 Å². The minimum atomic E-state index is 0.754. The highest BCUT2D eigenvalue weighted by atomic mass is 15.2. The van der Waals surface area contributed by atoms with Gasteiger partial charge in [-0.2, -0.15) is 0 Å². The molecule has 1 atom stereocenters. The van der Waals surface area contributed by atoms with Gasteiger partial charge in [-0.3, -0.25) is 4.90 Å². The number of likely N-dealkylation sites (N-methyl/N-ethyl adjacent to an activating group) is 1. The van der Waals surface area contributed by atoms with E-state index in [1.54, 1.807) is 5.56 Å². The van der Waals surface area contributed by atoms with Gasteiger partial charge in [0, 0.05) is 18.6 Å². The highest BCUT2D eigenvalue weighted by Crippen LogP contribution is 2.32. The molecule has 1 N–H and O–H groups in total. The van der Waals surface area contributed by atoms with Crippen LogP contribution in [0.1, 0.15) is 56.9 Å². The van der Waals surface area contributed by atoms with Gasteiger partial charge in [-0.1, -0.05) is 37.3 Å². The van der Waals surface area contributed by atoms with Crippen LogP contribution >= 0.6 is 0 Å². The Morgan fingerprint density at radius 3 is 2.52 bits per heavy atom. The molecule has 116 valence electrons. The smallest absolute Gasteiger partial charge is 0.0221 e. The molecule has 1 saturated heterocycles. The molecule has 0 radical (unpaired) electrons. The van der Waals surface area contributed by atoms with Crippen molar-refractivity contribution in [1.29, 1.82) is 0 Å². The molecule has 0 aromatic heterocycles. The second kappa shape index (κ2) is 7.42. The Morgan fingerprint density at radius 1 is 1.05 bits per heavy atom. The van der Waals surface area contributed by atoms with Crippen LogP contribution in [0, 0.1) is 0 Å². The van der Waals surface area contributed by atoms with E-state index in [-0.39, 0.29) is 0 Å². The minimum absolute atomic E-state index is 0.754. The first kappa shape index (κ1) is 15.1. The molecule has 2 aliphatic rings. The molecule has 1 unspecified atom stereocenters. The summed E-state index contributed by atoms with van der Waals surface area (Å²) >= 11 is 0. The Hall–Kier alpha value is -0.860. The first-order chi connectivity index (χ1) is 10.4. The summed E-state index contributed by atoms with van der Waals surface area (Å²) in [6.45, 7) is 6.02. The van der Waals surface area contributed by atoms with Crippen molar-refractivity contribution in [2.45, 2.75) is 63.5 Å². The van der Waals surface area contributed by atoms with E-state index in [1.807, 2.05) is 0 Å². The third-order valence-electron chi connectivity index (χ3n) is 5.55. The van der Waals surface area contributed by atoms with Crippen LogP contribution in [-0.2, 0) is 0 Å². The number of likely N-dealkylation sites (tertiary alicyclic amines) is 1. The highest BCUT2D eigenvalue weighted by molar-refractivity contribution is 5.20. The summed E-state index contributed by atoms with van der Waals surface area (Å²) in [6, 6.07) is 12.6. The average molecular weight is 286 g/mol. The van der Waals surface area contributed by atoms with E-state index in [0.29, 0.717) is 0 Å². The van der Waals surface area contributed by atoms with Gasteiger partial charge in [0.15, 0.2) is 0 Å². The molecule has 1 aromatic carbocycles. The number of hydrogen-bond donors (Lipinski definition) is 1. The lowest BCUT2D eigenvalue weighted by atomic mass is 9.82. The first-order valence-corrected chi connectivity index (χ1v) is 8.89. The number of benzene rings is 1. The summed E-state index contributed by atoms with van der Waals surface area (Å²) in [6.07, 6.45) is 8.17. The summed E-state index contributed by atoms with van der Waals surface area (Å²) in [4.78, 5) is 2.64. The largest absolute Gasteiger partial charge is 0.312 e. The van der Waals surface area contributed by atoms with Crippen LogP contribution in [0.3, 0.4) is 0 Å². The Balaban J connectivity index is 1.42. The van der Waals surface area contributed by atoms with E-state index in [4.69, 9.17) is 0 Å². The predicted molar refractivity (Wildman–Crippen MR) is 89.7 cm³/mol. The fourth-order valence-electron chi connectivity index (χ4n) is 4.20. The fourth-order valence-corrected chi connectivity index (χ4v) is 4.20. The fraction of sp³-hybridized carbons (Fsp3) is 0.684. The van der Waals surface area contributed by atoms with Crippen molar-refractivity contribution >= 4 is 0 Å². The van der Waals surface area contributed by atoms with Crippen LogP contribution in [0.15, 0.2) is 30.3 Å². The van der Waals surface area contributed by atoms with E-state index in [2.05, 4.69) is 47.5 Å². The number of rotatable bonds is 5. The maximum absolute atomic E-state index is 3.86. The second-order valence-electron chi connectivity index (χ2n) is 6.79. The SMILES string of the molecule is CCN1CCCC1CNC1CCC(c2ccccc2)CC1. The molecular formula is C19H30N2. The maximum Gasteiger partial charge on any atom is 0.0221 e. The first-order valence-electron chi connectivity index (χ1n) is 8.89. The van der Waals surface area contributed by atoms with Gasteiger partial charge in [0.1, 0.15) is 0 Å². The van der Waals surface area contributed by atoms with Crippen LogP contribution in [-0.4, -0.2) is 36.6 Å². The Kier molecular flexibility index (Phi) is 5.32. The normalized spacial score (nSPS) is 30.6. The monoisotopic (exact) mass is 286 g/mol. The van der Waals surface area contributed by atoms with Gasteiger partial charge in [-0.05, 0) is 63.1 Å². The van der Waals surface area contributed by atoms with Crippen LogP contribution < -0.4 is 5.32 Å². The lowest BCUT2D eigenvalue weighted by molar-refractivity contribution is 0.242. The summed E-state index contributed by atoms with van der Waals surface area (Å²) in [5, 5.41) is 3.86. The van der Waals surface area contributed by atoms with Crippen molar-refractivity contribution in [3.05, 3.63) is 35.9 Å². The molecule has 0 spiro atoms. The minimum Gasteiger partial charge on any atom is -0.312 e. The van der Waals surface area contributed by atoms with Crippen molar-refractivity contribution in [1.82, 2.24) is 10.2 Å². The quantitative estimate of drug-likeness (QED) is 0.886. The van der Waals surface area contributed by atoms with Gasteiger partial charge >= 0.3 is 0 Å². The molecule has 2 heteroatoms. The third-order valence-corrected chi connectivity index (χ3v) is 5.55. The Bertz CT molecular complexity index is 409. The predicted octanol–water partition coefficient (Wildman–Crippen LogP) is 3.79. The zero-order valence-electron chi connectivity index (χ0n) is 13.4. The molecule has 1 aliphatic heterocycles. The number of hydrogen-bond acceptors (Lipinski definition) is 2. The molecule has 3 rings (SSSR count). The molecule has 0 amide bonds. The standard InChI is InChI=1S/C19H30N2/c1-2-21-14-6-9-19(21)15-20-18-12-10-17(11-13-18)16-7-4-3-5-8-16/h3-5,7-8,17-20H,2,6,9-15H2,1H3. The van der Waals surface area contributed by atoms with E-state index < -0.39 is 0 Å². The summed E-state index contributed by atoms with van der Waals surface area (Å²) < 4.78 is 0.